The summed E-state index contributed by atoms with van der Waals surface area (Å²) in [6.45, 7) is 0.692. The number of nitrogens with one attached hydrogen (secondary N) is 1. The summed E-state index contributed by atoms with van der Waals surface area (Å²) in [4.78, 5) is 14.1. The predicted octanol–water partition coefficient (Wildman–Crippen LogP) is 3.43. The summed E-state index contributed by atoms with van der Waals surface area (Å²) >= 11 is 9.15. The highest BCUT2D eigenvalue weighted by Gasteiger charge is 2.31. The second-order valence-electron chi connectivity index (χ2n) is 5.86. The van der Waals surface area contributed by atoms with E-state index in [0.29, 0.717) is 18.0 Å². The van der Waals surface area contributed by atoms with Crippen molar-refractivity contribution in [3.05, 3.63) is 58.0 Å². The quantitative estimate of drug-likeness (QED) is 0.770. The van der Waals surface area contributed by atoms with E-state index >= 15 is 0 Å². The summed E-state index contributed by atoms with van der Waals surface area (Å²) in [6, 6.07) is 13.5. The van der Waals surface area contributed by atoms with Gasteiger partial charge in [0.25, 0.3) is 0 Å². The number of benzene rings is 2. The fourth-order valence-electron chi connectivity index (χ4n) is 2.71. The van der Waals surface area contributed by atoms with Gasteiger partial charge in [0.1, 0.15) is 0 Å². The van der Waals surface area contributed by atoms with Crippen LogP contribution in [0.25, 0.3) is 0 Å². The number of sulfonamides is 1. The number of hydrogen-bond donors (Lipinski definition) is 1. The molecule has 1 atom stereocenters. The summed E-state index contributed by atoms with van der Waals surface area (Å²) in [5.74, 6) is -0.0939. The Morgan fingerprint density at radius 2 is 1.76 bits per heavy atom. The van der Waals surface area contributed by atoms with E-state index in [1.54, 1.807) is 41.3 Å². The predicted molar refractivity (Wildman–Crippen MR) is 101 cm³/mol. The van der Waals surface area contributed by atoms with Crippen molar-refractivity contribution in [2.75, 3.05) is 18.0 Å². The molecule has 1 unspecified atom stereocenters. The van der Waals surface area contributed by atoms with Gasteiger partial charge in [-0.1, -0.05) is 27.5 Å². The molecule has 132 valence electrons. The van der Waals surface area contributed by atoms with Crippen LogP contribution in [0.1, 0.15) is 6.42 Å². The molecular weight excluding hydrogens is 428 g/mol. The molecule has 0 bridgehead atoms. The molecule has 1 aliphatic rings. The third-order valence-electron chi connectivity index (χ3n) is 4.03. The Hall–Kier alpha value is -1.41. The lowest BCUT2D eigenvalue weighted by Gasteiger charge is -2.17. The van der Waals surface area contributed by atoms with Gasteiger partial charge in [-0.2, -0.15) is 0 Å². The first-order valence-electron chi connectivity index (χ1n) is 7.66. The van der Waals surface area contributed by atoms with Crippen molar-refractivity contribution >= 4 is 49.1 Å². The molecule has 8 heteroatoms. The fraction of sp³-hybridized carbons (Fsp3) is 0.235. The Balaban J connectivity index is 1.63. The van der Waals surface area contributed by atoms with Crippen LogP contribution >= 0.6 is 27.5 Å². The lowest BCUT2D eigenvalue weighted by atomic mass is 10.1. The van der Waals surface area contributed by atoms with Gasteiger partial charge in [0.05, 0.1) is 4.90 Å². The summed E-state index contributed by atoms with van der Waals surface area (Å²) in [7, 11) is -3.59. The normalized spacial score (nSPS) is 17.9. The van der Waals surface area contributed by atoms with Crippen molar-refractivity contribution in [3.63, 3.8) is 0 Å². The summed E-state index contributed by atoms with van der Waals surface area (Å²) in [5.41, 5.74) is 0.771. The van der Waals surface area contributed by atoms with Crippen LogP contribution in [0, 0.1) is 5.92 Å². The number of carbonyl (C=O) groups is 1. The van der Waals surface area contributed by atoms with Crippen LogP contribution in [0.3, 0.4) is 0 Å². The van der Waals surface area contributed by atoms with Crippen LogP contribution < -0.4 is 9.62 Å². The SMILES string of the molecule is O=C1CC(CNS(=O)(=O)c2ccc(Br)cc2)CN1c1ccc(Cl)cc1. The molecule has 0 spiro atoms. The zero-order valence-electron chi connectivity index (χ0n) is 13.2. The molecule has 0 aromatic heterocycles. The van der Waals surface area contributed by atoms with Crippen LogP contribution in [0.4, 0.5) is 5.69 Å². The van der Waals surface area contributed by atoms with E-state index in [1.807, 2.05) is 0 Å². The van der Waals surface area contributed by atoms with Gasteiger partial charge in [-0.3, -0.25) is 4.79 Å². The second kappa shape index (κ2) is 7.45. The number of hydrogen-bond acceptors (Lipinski definition) is 3. The molecule has 3 rings (SSSR count). The summed E-state index contributed by atoms with van der Waals surface area (Å²) in [5, 5.41) is 0.606. The maximum Gasteiger partial charge on any atom is 0.240 e. The first-order valence-corrected chi connectivity index (χ1v) is 10.3. The van der Waals surface area contributed by atoms with Crippen LogP contribution in [-0.4, -0.2) is 27.4 Å². The zero-order chi connectivity index (χ0) is 18.0. The Kier molecular flexibility index (Phi) is 5.48. The van der Waals surface area contributed by atoms with Gasteiger partial charge in [0.15, 0.2) is 0 Å². The minimum absolute atomic E-state index is 0.0184. The number of anilines is 1. The van der Waals surface area contributed by atoms with E-state index in [2.05, 4.69) is 20.7 Å². The van der Waals surface area contributed by atoms with Gasteiger partial charge in [0, 0.05) is 34.7 Å². The van der Waals surface area contributed by atoms with Crippen molar-refractivity contribution in [3.8, 4) is 0 Å². The molecule has 2 aromatic carbocycles. The first kappa shape index (κ1) is 18.4. The van der Waals surface area contributed by atoms with E-state index < -0.39 is 10.0 Å². The van der Waals surface area contributed by atoms with Crippen LogP contribution in [0.15, 0.2) is 57.9 Å². The van der Waals surface area contributed by atoms with Crippen molar-refractivity contribution in [2.24, 2.45) is 5.92 Å². The molecule has 1 heterocycles. The molecule has 5 nitrogen and oxygen atoms in total. The molecule has 0 radical (unpaired) electrons. The summed E-state index contributed by atoms with van der Waals surface area (Å²) in [6.07, 6.45) is 0.311. The van der Waals surface area contributed by atoms with Crippen LogP contribution in [0.5, 0.6) is 0 Å². The van der Waals surface area contributed by atoms with E-state index in [4.69, 9.17) is 11.6 Å². The fourth-order valence-corrected chi connectivity index (χ4v) is 4.22. The Bertz CT molecular complexity index is 870. The van der Waals surface area contributed by atoms with E-state index in [9.17, 15) is 13.2 Å². The van der Waals surface area contributed by atoms with Crippen molar-refractivity contribution in [1.29, 1.82) is 0 Å². The topological polar surface area (TPSA) is 66.5 Å². The molecular formula is C17H16BrClN2O3S. The molecule has 1 fully saturated rings. The van der Waals surface area contributed by atoms with Crippen molar-refractivity contribution < 1.29 is 13.2 Å². The highest BCUT2D eigenvalue weighted by Crippen LogP contribution is 2.26. The Morgan fingerprint density at radius 1 is 1.12 bits per heavy atom. The summed E-state index contributed by atoms with van der Waals surface area (Å²) < 4.78 is 28.1. The molecule has 2 aromatic rings. The third-order valence-corrected chi connectivity index (χ3v) is 6.25. The van der Waals surface area contributed by atoms with E-state index in [1.165, 1.54) is 12.1 Å². The molecule has 0 saturated carbocycles. The van der Waals surface area contributed by atoms with Crippen LogP contribution in [-0.2, 0) is 14.8 Å². The second-order valence-corrected chi connectivity index (χ2v) is 8.98. The van der Waals surface area contributed by atoms with Crippen molar-refractivity contribution in [1.82, 2.24) is 4.72 Å². The smallest absolute Gasteiger partial charge is 0.240 e. The van der Waals surface area contributed by atoms with Gasteiger partial charge in [0.2, 0.25) is 15.9 Å². The third kappa shape index (κ3) is 4.41. The molecule has 0 aliphatic carbocycles. The van der Waals surface area contributed by atoms with Crippen LogP contribution in [0.2, 0.25) is 5.02 Å². The van der Waals surface area contributed by atoms with Gasteiger partial charge in [-0.25, -0.2) is 13.1 Å². The highest BCUT2D eigenvalue weighted by molar-refractivity contribution is 9.10. The highest BCUT2D eigenvalue weighted by atomic mass is 79.9. The maximum absolute atomic E-state index is 12.3. The van der Waals surface area contributed by atoms with E-state index in [-0.39, 0.29) is 23.3 Å². The lowest BCUT2D eigenvalue weighted by Crippen LogP contribution is -2.31. The standard InChI is InChI=1S/C17H16BrClN2O3S/c18-13-1-7-16(8-2-13)25(23,24)20-10-12-9-17(22)21(11-12)15-5-3-14(19)4-6-15/h1-8,12,20H,9-11H2. The maximum atomic E-state index is 12.3. The number of nitrogens with zero attached hydrogens (tertiary/aromatic N) is 1. The monoisotopic (exact) mass is 442 g/mol. The minimum Gasteiger partial charge on any atom is -0.312 e. The number of amides is 1. The molecule has 1 amide bonds. The average molecular weight is 444 g/mol. The van der Waals surface area contributed by atoms with Crippen molar-refractivity contribution in [2.45, 2.75) is 11.3 Å². The molecule has 1 saturated heterocycles. The Morgan fingerprint density at radius 3 is 2.40 bits per heavy atom. The Labute approximate surface area is 160 Å². The lowest BCUT2D eigenvalue weighted by molar-refractivity contribution is -0.117. The average Bonchev–Trinajstić information content (AvgIpc) is 2.95. The zero-order valence-corrected chi connectivity index (χ0v) is 16.3. The number of rotatable bonds is 5. The van der Waals surface area contributed by atoms with Gasteiger partial charge in [-0.05, 0) is 54.4 Å². The van der Waals surface area contributed by atoms with E-state index in [0.717, 1.165) is 10.2 Å². The number of halogens is 2. The first-order chi connectivity index (χ1) is 11.8. The van der Waals surface area contributed by atoms with Gasteiger partial charge < -0.3 is 4.90 Å². The number of carbonyl (C=O) groups excluding carboxylic acids is 1. The molecule has 25 heavy (non-hydrogen) atoms. The van der Waals surface area contributed by atoms with Gasteiger partial charge >= 0.3 is 0 Å². The molecule has 1 N–H and O–H groups in total. The molecule has 1 aliphatic heterocycles. The van der Waals surface area contributed by atoms with Gasteiger partial charge in [-0.15, -0.1) is 0 Å². The minimum atomic E-state index is -3.59. The largest absolute Gasteiger partial charge is 0.312 e.